The van der Waals surface area contributed by atoms with Crippen LogP contribution in [0, 0.1) is 16.7 Å². The maximum Gasteiger partial charge on any atom is 0.0343 e. The zero-order valence-corrected chi connectivity index (χ0v) is 23.4. The van der Waals surface area contributed by atoms with Gasteiger partial charge in [-0.25, -0.2) is 0 Å². The van der Waals surface area contributed by atoms with Crippen molar-refractivity contribution in [3.63, 3.8) is 0 Å². The molecule has 0 N–H and O–H groups in total. The van der Waals surface area contributed by atoms with Crippen molar-refractivity contribution in [1.29, 1.82) is 0 Å². The highest BCUT2D eigenvalue weighted by Crippen LogP contribution is 2.61. The summed E-state index contributed by atoms with van der Waals surface area (Å²) >= 11 is 0. The molecule has 3 nitrogen and oxygen atoms in total. The zero-order valence-electron chi connectivity index (χ0n) is 23.4. The number of hydrogen-bond acceptors (Lipinski definition) is 3. The molecule has 0 amide bonds. The lowest BCUT2D eigenvalue weighted by molar-refractivity contribution is -0.0498. The summed E-state index contributed by atoms with van der Waals surface area (Å²) in [5, 5.41) is 0. The van der Waals surface area contributed by atoms with Crippen molar-refractivity contribution in [1.82, 2.24) is 14.7 Å². The predicted octanol–water partition coefficient (Wildman–Crippen LogP) is 6.42. The third kappa shape index (κ3) is 4.69. The summed E-state index contributed by atoms with van der Waals surface area (Å²) in [6, 6.07) is 0. The van der Waals surface area contributed by atoms with Gasteiger partial charge in [-0.2, -0.15) is 0 Å². The Bertz CT molecular complexity index is 624. The number of piperidine rings is 1. The van der Waals surface area contributed by atoms with Crippen LogP contribution < -0.4 is 0 Å². The molecule has 32 heavy (non-hydrogen) atoms. The Morgan fingerprint density at radius 2 is 1.19 bits per heavy atom. The first-order chi connectivity index (χ1) is 14.5. The first-order valence-corrected chi connectivity index (χ1v) is 13.8. The van der Waals surface area contributed by atoms with E-state index in [-0.39, 0.29) is 5.54 Å². The summed E-state index contributed by atoms with van der Waals surface area (Å²) in [4.78, 5) is 8.57. The largest absolute Gasteiger partial charge is 0.298 e. The summed E-state index contributed by atoms with van der Waals surface area (Å²) in [6.07, 6.45) is 9.73. The molecule has 2 heterocycles. The molecule has 2 aliphatic heterocycles. The Labute approximate surface area is 200 Å². The molecule has 0 aromatic carbocycles. The Morgan fingerprint density at radius 1 is 0.656 bits per heavy atom. The van der Waals surface area contributed by atoms with Crippen LogP contribution in [0.1, 0.15) is 114 Å². The van der Waals surface area contributed by atoms with E-state index in [0.717, 1.165) is 5.92 Å². The fraction of sp³-hybridized carbons (Fsp3) is 1.00. The number of nitrogens with zero attached hydrogens (tertiary/aromatic N) is 3. The predicted molar refractivity (Wildman–Crippen MR) is 138 cm³/mol. The molecule has 0 aromatic rings. The van der Waals surface area contributed by atoms with Crippen LogP contribution in [0.5, 0.6) is 0 Å². The summed E-state index contributed by atoms with van der Waals surface area (Å²) in [5.74, 6) is 0.910. The third-order valence-corrected chi connectivity index (χ3v) is 10.2. The van der Waals surface area contributed by atoms with Crippen LogP contribution in [0.4, 0.5) is 0 Å². The lowest BCUT2D eigenvalue weighted by Gasteiger charge is -2.54. The Hall–Kier alpha value is -0.120. The van der Waals surface area contributed by atoms with Gasteiger partial charge in [-0.3, -0.25) is 14.7 Å². The van der Waals surface area contributed by atoms with Gasteiger partial charge in [0.25, 0.3) is 0 Å². The molecule has 0 bridgehead atoms. The van der Waals surface area contributed by atoms with Gasteiger partial charge in [0.15, 0.2) is 0 Å². The van der Waals surface area contributed by atoms with E-state index in [0.29, 0.717) is 27.4 Å². The van der Waals surface area contributed by atoms with E-state index in [1.54, 1.807) is 0 Å². The van der Waals surface area contributed by atoms with E-state index in [1.807, 2.05) is 0 Å². The molecule has 186 valence electrons. The minimum atomic E-state index is 0.290. The van der Waals surface area contributed by atoms with Crippen molar-refractivity contribution >= 4 is 0 Å². The van der Waals surface area contributed by atoms with Crippen molar-refractivity contribution in [3.05, 3.63) is 0 Å². The molecule has 0 aromatic heterocycles. The van der Waals surface area contributed by atoms with Crippen LogP contribution >= 0.6 is 0 Å². The first-order valence-electron chi connectivity index (χ1n) is 13.8. The number of likely N-dealkylation sites (tertiary alicyclic amines) is 1. The second-order valence-corrected chi connectivity index (χ2v) is 15.6. The monoisotopic (exact) mass is 445 g/mol. The lowest BCUT2D eigenvalue weighted by atomic mass is 9.66. The van der Waals surface area contributed by atoms with E-state index < -0.39 is 0 Å². The highest BCUT2D eigenvalue weighted by Gasteiger charge is 2.57. The molecule has 4 rings (SSSR count). The van der Waals surface area contributed by atoms with E-state index >= 15 is 0 Å². The summed E-state index contributed by atoms with van der Waals surface area (Å²) < 4.78 is 0. The van der Waals surface area contributed by atoms with E-state index in [2.05, 4.69) is 83.9 Å². The van der Waals surface area contributed by atoms with E-state index in [9.17, 15) is 0 Å². The minimum Gasteiger partial charge on any atom is -0.298 e. The van der Waals surface area contributed by atoms with Crippen LogP contribution in [-0.4, -0.2) is 69.6 Å². The molecule has 2 saturated heterocycles. The van der Waals surface area contributed by atoms with Gasteiger partial charge in [0, 0.05) is 48.3 Å². The molecule has 1 unspecified atom stereocenters. The van der Waals surface area contributed by atoms with Crippen molar-refractivity contribution < 1.29 is 0 Å². The summed E-state index contributed by atoms with van der Waals surface area (Å²) in [6.45, 7) is 31.2. The summed E-state index contributed by atoms with van der Waals surface area (Å²) in [7, 11) is 0. The Morgan fingerprint density at radius 3 is 1.62 bits per heavy atom. The van der Waals surface area contributed by atoms with Crippen LogP contribution in [-0.2, 0) is 0 Å². The summed E-state index contributed by atoms with van der Waals surface area (Å²) in [5.41, 5.74) is 2.45. The van der Waals surface area contributed by atoms with Gasteiger partial charge in [0.1, 0.15) is 0 Å². The fourth-order valence-corrected chi connectivity index (χ4v) is 7.74. The number of rotatable bonds is 5. The Balaban J connectivity index is 1.36. The second kappa shape index (κ2) is 7.69. The highest BCUT2D eigenvalue weighted by molar-refractivity contribution is 5.13. The van der Waals surface area contributed by atoms with Crippen LogP contribution in [0.25, 0.3) is 0 Å². The zero-order chi connectivity index (χ0) is 23.8. The van der Waals surface area contributed by atoms with Crippen LogP contribution in [0.2, 0.25) is 0 Å². The average Bonchev–Trinajstić information content (AvgIpc) is 3.58. The van der Waals surface area contributed by atoms with Gasteiger partial charge in [0.2, 0.25) is 0 Å². The maximum atomic E-state index is 2.89. The molecular formula is C29H55N3. The molecule has 3 heteroatoms. The Kier molecular flexibility index (Phi) is 6.00. The quantitative estimate of drug-likeness (QED) is 0.483. The van der Waals surface area contributed by atoms with Gasteiger partial charge in [0.05, 0.1) is 0 Å². The molecule has 0 radical (unpaired) electrons. The SMILES string of the molecule is CC(C)(C)C1CCN(C(C)(C)CCC(C)(C)N2CCN(C(C)(C)C)C3(CC3)C2)CC12CC2. The maximum absolute atomic E-state index is 2.89. The van der Waals surface area contributed by atoms with Gasteiger partial charge >= 0.3 is 0 Å². The van der Waals surface area contributed by atoms with Crippen LogP contribution in [0.15, 0.2) is 0 Å². The van der Waals surface area contributed by atoms with E-state index in [4.69, 9.17) is 0 Å². The molecular weight excluding hydrogens is 390 g/mol. The number of piperazine rings is 1. The van der Waals surface area contributed by atoms with Gasteiger partial charge in [-0.15, -0.1) is 0 Å². The molecule has 4 fully saturated rings. The smallest absolute Gasteiger partial charge is 0.0343 e. The van der Waals surface area contributed by atoms with Crippen molar-refractivity contribution in [3.8, 4) is 0 Å². The standard InChI is InChI=1S/C29H55N3/c1-24(2,3)23-11-18-30(21-28(23)14-15-28)26(7,8)12-13-27(9,10)31-19-20-32(25(4,5)6)29(22-31)16-17-29/h23H,11-22H2,1-10H3. The minimum absolute atomic E-state index is 0.290. The molecule has 1 atom stereocenters. The van der Waals surface area contributed by atoms with Gasteiger partial charge in [-0.05, 0) is 117 Å². The third-order valence-electron chi connectivity index (χ3n) is 10.2. The topological polar surface area (TPSA) is 9.72 Å². The average molecular weight is 446 g/mol. The molecule has 2 saturated carbocycles. The van der Waals surface area contributed by atoms with Crippen LogP contribution in [0.3, 0.4) is 0 Å². The molecule has 4 aliphatic rings. The van der Waals surface area contributed by atoms with Crippen molar-refractivity contribution in [2.45, 2.75) is 136 Å². The van der Waals surface area contributed by atoms with Gasteiger partial charge < -0.3 is 0 Å². The number of hydrogen-bond donors (Lipinski definition) is 0. The molecule has 2 spiro atoms. The first kappa shape index (κ1) is 25.0. The second-order valence-electron chi connectivity index (χ2n) is 15.6. The van der Waals surface area contributed by atoms with Crippen molar-refractivity contribution in [2.24, 2.45) is 16.7 Å². The van der Waals surface area contributed by atoms with Gasteiger partial charge in [-0.1, -0.05) is 20.8 Å². The van der Waals surface area contributed by atoms with Crippen molar-refractivity contribution in [2.75, 3.05) is 32.7 Å². The normalized spacial score (nSPS) is 29.6. The molecule has 2 aliphatic carbocycles. The highest BCUT2D eigenvalue weighted by atomic mass is 15.4. The van der Waals surface area contributed by atoms with E-state index in [1.165, 1.54) is 77.7 Å². The lowest BCUT2D eigenvalue weighted by Crippen LogP contribution is -2.64. The fourth-order valence-electron chi connectivity index (χ4n) is 7.74.